The molecule has 0 radical (unpaired) electrons. The molecular weight excluding hydrogens is 263 g/mol. The minimum Gasteiger partial charge on any atom is -0.478 e. The van der Waals surface area contributed by atoms with Crippen LogP contribution in [0.25, 0.3) is 0 Å². The Morgan fingerprint density at radius 2 is 2.00 bits per heavy atom. The fourth-order valence-corrected chi connectivity index (χ4v) is 1.19. The zero-order valence-corrected chi connectivity index (χ0v) is 8.29. The third-order valence-electron chi connectivity index (χ3n) is 1.87. The number of aromatic carboxylic acids is 1. The van der Waals surface area contributed by atoms with E-state index in [4.69, 9.17) is 10.4 Å². The summed E-state index contributed by atoms with van der Waals surface area (Å²) in [6.45, 7) is 0. The van der Waals surface area contributed by atoms with E-state index in [2.05, 4.69) is 4.98 Å². The smallest absolute Gasteiger partial charge is 0.434 e. The lowest BCUT2D eigenvalue weighted by atomic mass is 10.1. The van der Waals surface area contributed by atoms with E-state index in [-0.39, 0.29) is 0 Å². The van der Waals surface area contributed by atoms with Gasteiger partial charge in [0.25, 0.3) is 6.43 Å². The molecule has 1 aromatic rings. The van der Waals surface area contributed by atoms with Crippen molar-refractivity contribution in [3.8, 4) is 6.07 Å². The van der Waals surface area contributed by atoms with Crippen molar-refractivity contribution >= 4 is 5.97 Å². The lowest BCUT2D eigenvalue weighted by Crippen LogP contribution is -2.18. The monoisotopic (exact) mass is 266 g/mol. The van der Waals surface area contributed by atoms with Gasteiger partial charge in [0.15, 0.2) is 5.69 Å². The summed E-state index contributed by atoms with van der Waals surface area (Å²) in [4.78, 5) is 13.2. The second kappa shape index (κ2) is 4.56. The lowest BCUT2D eigenvalue weighted by Gasteiger charge is -2.12. The summed E-state index contributed by atoms with van der Waals surface area (Å²) in [6, 6.07) is 1.45. The van der Waals surface area contributed by atoms with E-state index in [1.165, 1.54) is 0 Å². The Morgan fingerprint density at radius 1 is 1.44 bits per heavy atom. The maximum atomic E-state index is 12.5. The number of carbonyl (C=O) groups is 1. The van der Waals surface area contributed by atoms with E-state index < -0.39 is 41.1 Å². The average molecular weight is 266 g/mol. The Bertz CT molecular complexity index is 533. The van der Waals surface area contributed by atoms with Crippen molar-refractivity contribution in [2.24, 2.45) is 0 Å². The number of rotatable bonds is 2. The zero-order chi connectivity index (χ0) is 14.1. The second-order valence-electron chi connectivity index (χ2n) is 3.03. The van der Waals surface area contributed by atoms with Crippen molar-refractivity contribution in [1.29, 1.82) is 5.26 Å². The van der Waals surface area contributed by atoms with Gasteiger partial charge in [0, 0.05) is 0 Å². The molecule has 1 heterocycles. The van der Waals surface area contributed by atoms with Crippen LogP contribution in [0.3, 0.4) is 0 Å². The summed E-state index contributed by atoms with van der Waals surface area (Å²) in [5.74, 6) is -2.06. The molecule has 0 aliphatic heterocycles. The molecule has 0 aromatic carbocycles. The van der Waals surface area contributed by atoms with Gasteiger partial charge >= 0.3 is 12.1 Å². The fraction of sp³-hybridized carbons (Fsp3) is 0.222. The first kappa shape index (κ1) is 13.8. The summed E-state index contributed by atoms with van der Waals surface area (Å²) in [5.41, 5.74) is -5.76. The van der Waals surface area contributed by atoms with E-state index in [0.29, 0.717) is 6.07 Å². The highest BCUT2D eigenvalue weighted by Crippen LogP contribution is 2.33. The summed E-state index contributed by atoms with van der Waals surface area (Å²) < 4.78 is 62.1. The maximum absolute atomic E-state index is 12.5. The largest absolute Gasteiger partial charge is 0.478 e. The van der Waals surface area contributed by atoms with E-state index in [0.717, 1.165) is 6.07 Å². The molecular formula is C9H3F5N2O2. The number of aromatic nitrogens is 1. The lowest BCUT2D eigenvalue weighted by molar-refractivity contribution is -0.142. The number of hydrogen-bond acceptors (Lipinski definition) is 3. The topological polar surface area (TPSA) is 74.0 Å². The fourth-order valence-electron chi connectivity index (χ4n) is 1.19. The number of pyridine rings is 1. The predicted octanol–water partition coefficient (Wildman–Crippen LogP) is 2.61. The molecule has 0 saturated carbocycles. The van der Waals surface area contributed by atoms with Crippen molar-refractivity contribution in [1.82, 2.24) is 4.98 Å². The third-order valence-corrected chi connectivity index (χ3v) is 1.87. The van der Waals surface area contributed by atoms with Crippen LogP contribution in [0.2, 0.25) is 0 Å². The number of hydrogen-bond donors (Lipinski definition) is 1. The van der Waals surface area contributed by atoms with Gasteiger partial charge in [-0.15, -0.1) is 0 Å². The molecule has 4 nitrogen and oxygen atoms in total. The van der Waals surface area contributed by atoms with Crippen LogP contribution in [0.15, 0.2) is 6.07 Å². The Labute approximate surface area is 96.3 Å². The van der Waals surface area contributed by atoms with E-state index in [1.54, 1.807) is 0 Å². The molecule has 96 valence electrons. The normalized spacial score (nSPS) is 11.4. The van der Waals surface area contributed by atoms with Crippen LogP contribution in [-0.4, -0.2) is 16.1 Å². The number of halogens is 5. The number of nitriles is 1. The van der Waals surface area contributed by atoms with Crippen LogP contribution in [-0.2, 0) is 6.18 Å². The first-order valence-corrected chi connectivity index (χ1v) is 4.22. The van der Waals surface area contributed by atoms with Gasteiger partial charge in [0.1, 0.15) is 17.3 Å². The number of nitrogens with zero attached hydrogens (tertiary/aromatic N) is 2. The second-order valence-corrected chi connectivity index (χ2v) is 3.03. The zero-order valence-electron chi connectivity index (χ0n) is 8.29. The Hall–Kier alpha value is -2.24. The molecule has 0 fully saturated rings. The molecule has 18 heavy (non-hydrogen) atoms. The summed E-state index contributed by atoms with van der Waals surface area (Å²) in [6.07, 6.45) is -8.59. The Balaban J connectivity index is 3.70. The summed E-state index contributed by atoms with van der Waals surface area (Å²) >= 11 is 0. The maximum Gasteiger partial charge on any atom is 0.434 e. The van der Waals surface area contributed by atoms with Crippen molar-refractivity contribution in [3.05, 3.63) is 28.6 Å². The molecule has 0 atom stereocenters. The molecule has 0 bridgehead atoms. The summed E-state index contributed by atoms with van der Waals surface area (Å²) in [7, 11) is 0. The number of carboxylic acids is 1. The van der Waals surface area contributed by atoms with Crippen molar-refractivity contribution < 1.29 is 31.9 Å². The predicted molar refractivity (Wildman–Crippen MR) is 45.9 cm³/mol. The van der Waals surface area contributed by atoms with Gasteiger partial charge in [-0.2, -0.15) is 18.4 Å². The third kappa shape index (κ3) is 2.53. The molecule has 0 spiro atoms. The van der Waals surface area contributed by atoms with Crippen LogP contribution in [0.4, 0.5) is 22.0 Å². The highest BCUT2D eigenvalue weighted by molar-refractivity contribution is 5.92. The first-order chi connectivity index (χ1) is 8.18. The minimum atomic E-state index is -5.25. The van der Waals surface area contributed by atoms with Crippen LogP contribution < -0.4 is 0 Å². The van der Waals surface area contributed by atoms with Gasteiger partial charge in [-0.05, 0) is 6.07 Å². The number of carboxylic acid groups (broad SMARTS) is 1. The van der Waals surface area contributed by atoms with Crippen molar-refractivity contribution in [3.63, 3.8) is 0 Å². The SMILES string of the molecule is N#Cc1cc(C(F)F)nc(C(F)(F)F)c1C(=O)O. The minimum absolute atomic E-state index is 0.323. The highest BCUT2D eigenvalue weighted by atomic mass is 19.4. The van der Waals surface area contributed by atoms with Gasteiger partial charge in [-0.25, -0.2) is 18.6 Å². The van der Waals surface area contributed by atoms with Crippen molar-refractivity contribution in [2.75, 3.05) is 0 Å². The molecule has 0 aliphatic carbocycles. The van der Waals surface area contributed by atoms with Gasteiger partial charge < -0.3 is 5.11 Å². The molecule has 1 N–H and O–H groups in total. The standard InChI is InChI=1S/C9H3F5N2O2/c10-7(11)4-1-3(2-15)5(8(17)18)6(16-4)9(12,13)14/h1,7H,(H,17,18). The first-order valence-electron chi connectivity index (χ1n) is 4.22. The molecule has 9 heteroatoms. The van der Waals surface area contributed by atoms with Crippen LogP contribution in [0.1, 0.15) is 33.7 Å². The van der Waals surface area contributed by atoms with Gasteiger partial charge in [-0.1, -0.05) is 0 Å². The molecule has 0 aliphatic rings. The van der Waals surface area contributed by atoms with E-state index in [1.807, 2.05) is 0 Å². The molecule has 0 amide bonds. The van der Waals surface area contributed by atoms with E-state index in [9.17, 15) is 26.7 Å². The van der Waals surface area contributed by atoms with Crippen molar-refractivity contribution in [2.45, 2.75) is 12.6 Å². The van der Waals surface area contributed by atoms with Crippen LogP contribution in [0, 0.1) is 11.3 Å². The van der Waals surface area contributed by atoms with Gasteiger partial charge in [0.05, 0.1) is 5.56 Å². The van der Waals surface area contributed by atoms with E-state index >= 15 is 0 Å². The van der Waals surface area contributed by atoms with Crippen LogP contribution in [0.5, 0.6) is 0 Å². The molecule has 1 rings (SSSR count). The quantitative estimate of drug-likeness (QED) is 0.835. The highest BCUT2D eigenvalue weighted by Gasteiger charge is 2.40. The Kier molecular flexibility index (Phi) is 3.50. The molecule has 0 unspecified atom stereocenters. The van der Waals surface area contributed by atoms with Gasteiger partial charge in [0.2, 0.25) is 0 Å². The molecule has 1 aromatic heterocycles. The average Bonchev–Trinajstić information content (AvgIpc) is 2.25. The Morgan fingerprint density at radius 3 is 2.33 bits per heavy atom. The number of alkyl halides is 5. The molecule has 0 saturated heterocycles. The van der Waals surface area contributed by atoms with Crippen LogP contribution >= 0.6 is 0 Å². The summed E-state index contributed by atoms with van der Waals surface area (Å²) in [5, 5.41) is 17.1. The van der Waals surface area contributed by atoms with Gasteiger partial charge in [-0.3, -0.25) is 0 Å².